The van der Waals surface area contributed by atoms with Crippen molar-refractivity contribution in [3.8, 4) is 11.1 Å². The molecular weight excluding hydrogens is 305 g/mol. The standard InChI is InChI=1S/C16H17BrFN/c1-11(2)19-10-12-4-3-5-13(8-12)15-9-14(17)6-7-16(15)18/h3-9,11,19H,10H2,1-2H3. The zero-order valence-electron chi connectivity index (χ0n) is 11.1. The van der Waals surface area contributed by atoms with E-state index in [4.69, 9.17) is 0 Å². The molecule has 2 aromatic rings. The molecule has 2 rings (SSSR count). The van der Waals surface area contributed by atoms with Crippen molar-refractivity contribution < 1.29 is 4.39 Å². The summed E-state index contributed by atoms with van der Waals surface area (Å²) >= 11 is 3.38. The molecule has 19 heavy (non-hydrogen) atoms. The Morgan fingerprint density at radius 1 is 1.16 bits per heavy atom. The second-order valence-corrected chi connectivity index (χ2v) is 5.78. The Balaban J connectivity index is 2.29. The predicted molar refractivity (Wildman–Crippen MR) is 81.5 cm³/mol. The highest BCUT2D eigenvalue weighted by Gasteiger charge is 2.06. The highest BCUT2D eigenvalue weighted by atomic mass is 79.9. The maximum atomic E-state index is 13.9. The number of rotatable bonds is 4. The van der Waals surface area contributed by atoms with E-state index in [1.807, 2.05) is 24.3 Å². The van der Waals surface area contributed by atoms with Crippen LogP contribution < -0.4 is 5.32 Å². The fourth-order valence-electron chi connectivity index (χ4n) is 1.89. The van der Waals surface area contributed by atoms with Gasteiger partial charge in [-0.1, -0.05) is 48.0 Å². The summed E-state index contributed by atoms with van der Waals surface area (Å²) in [7, 11) is 0. The van der Waals surface area contributed by atoms with Crippen molar-refractivity contribution >= 4 is 15.9 Å². The van der Waals surface area contributed by atoms with Crippen LogP contribution in [-0.4, -0.2) is 6.04 Å². The number of nitrogens with one attached hydrogen (secondary N) is 1. The quantitative estimate of drug-likeness (QED) is 0.856. The topological polar surface area (TPSA) is 12.0 Å². The van der Waals surface area contributed by atoms with Crippen molar-refractivity contribution in [2.75, 3.05) is 0 Å². The minimum absolute atomic E-state index is 0.197. The Labute approximate surface area is 122 Å². The summed E-state index contributed by atoms with van der Waals surface area (Å²) in [6, 6.07) is 13.4. The first kappa shape index (κ1) is 14.2. The van der Waals surface area contributed by atoms with E-state index in [2.05, 4.69) is 41.2 Å². The molecule has 100 valence electrons. The van der Waals surface area contributed by atoms with Crippen LogP contribution in [0.2, 0.25) is 0 Å². The molecule has 0 atom stereocenters. The monoisotopic (exact) mass is 321 g/mol. The second-order valence-electron chi connectivity index (χ2n) is 4.86. The predicted octanol–water partition coefficient (Wildman–Crippen LogP) is 4.75. The van der Waals surface area contributed by atoms with E-state index < -0.39 is 0 Å². The molecule has 0 fully saturated rings. The Morgan fingerprint density at radius 3 is 2.68 bits per heavy atom. The maximum Gasteiger partial charge on any atom is 0.131 e. The van der Waals surface area contributed by atoms with Gasteiger partial charge in [-0.15, -0.1) is 0 Å². The lowest BCUT2D eigenvalue weighted by molar-refractivity contribution is 0.589. The van der Waals surface area contributed by atoms with Crippen molar-refractivity contribution in [2.24, 2.45) is 0 Å². The van der Waals surface area contributed by atoms with Crippen LogP contribution in [0.3, 0.4) is 0 Å². The molecule has 0 amide bonds. The van der Waals surface area contributed by atoms with Gasteiger partial charge in [-0.2, -0.15) is 0 Å². The zero-order valence-corrected chi connectivity index (χ0v) is 12.7. The van der Waals surface area contributed by atoms with Crippen LogP contribution in [-0.2, 0) is 6.54 Å². The van der Waals surface area contributed by atoms with Gasteiger partial charge in [0.15, 0.2) is 0 Å². The molecule has 0 saturated heterocycles. The van der Waals surface area contributed by atoms with Crippen LogP contribution in [0.25, 0.3) is 11.1 Å². The smallest absolute Gasteiger partial charge is 0.131 e. The van der Waals surface area contributed by atoms with Crippen molar-refractivity contribution in [3.05, 3.63) is 58.3 Å². The second kappa shape index (κ2) is 6.31. The molecule has 0 aliphatic heterocycles. The average molecular weight is 322 g/mol. The lowest BCUT2D eigenvalue weighted by Crippen LogP contribution is -2.21. The van der Waals surface area contributed by atoms with Crippen LogP contribution in [0.15, 0.2) is 46.9 Å². The molecule has 0 saturated carbocycles. The first-order valence-electron chi connectivity index (χ1n) is 6.34. The largest absolute Gasteiger partial charge is 0.310 e. The van der Waals surface area contributed by atoms with Crippen LogP contribution in [0.5, 0.6) is 0 Å². The van der Waals surface area contributed by atoms with Crippen molar-refractivity contribution in [1.82, 2.24) is 5.32 Å². The van der Waals surface area contributed by atoms with Gasteiger partial charge in [0.1, 0.15) is 5.82 Å². The van der Waals surface area contributed by atoms with Gasteiger partial charge >= 0.3 is 0 Å². The molecular formula is C16H17BrFN. The molecule has 1 N–H and O–H groups in total. The summed E-state index contributed by atoms with van der Waals surface area (Å²) in [6.45, 7) is 5.01. The minimum atomic E-state index is -0.197. The van der Waals surface area contributed by atoms with Gasteiger partial charge in [0.2, 0.25) is 0 Å². The van der Waals surface area contributed by atoms with E-state index in [1.165, 1.54) is 6.07 Å². The van der Waals surface area contributed by atoms with E-state index in [0.29, 0.717) is 11.6 Å². The molecule has 0 spiro atoms. The third kappa shape index (κ3) is 3.88. The number of benzene rings is 2. The lowest BCUT2D eigenvalue weighted by atomic mass is 10.0. The van der Waals surface area contributed by atoms with Crippen LogP contribution in [0, 0.1) is 5.82 Å². The molecule has 0 aliphatic rings. The Bertz CT molecular complexity index is 566. The summed E-state index contributed by atoms with van der Waals surface area (Å²) < 4.78 is 14.7. The normalized spacial score (nSPS) is 11.0. The maximum absolute atomic E-state index is 13.9. The van der Waals surface area contributed by atoms with E-state index in [9.17, 15) is 4.39 Å². The van der Waals surface area contributed by atoms with Crippen molar-refractivity contribution in [2.45, 2.75) is 26.4 Å². The van der Waals surface area contributed by atoms with Crippen molar-refractivity contribution in [1.29, 1.82) is 0 Å². The van der Waals surface area contributed by atoms with Crippen LogP contribution in [0.4, 0.5) is 4.39 Å². The summed E-state index contributed by atoms with van der Waals surface area (Å²) in [4.78, 5) is 0. The van der Waals surface area contributed by atoms with E-state index in [0.717, 1.165) is 22.1 Å². The molecule has 0 aromatic heterocycles. The Morgan fingerprint density at radius 2 is 1.95 bits per heavy atom. The molecule has 0 radical (unpaired) electrons. The first-order chi connectivity index (χ1) is 9.06. The van der Waals surface area contributed by atoms with Gasteiger partial charge in [0, 0.05) is 22.6 Å². The summed E-state index contributed by atoms with van der Waals surface area (Å²) in [5, 5.41) is 3.36. The third-order valence-electron chi connectivity index (χ3n) is 2.88. The SMILES string of the molecule is CC(C)NCc1cccc(-c2cc(Br)ccc2F)c1. The van der Waals surface area contributed by atoms with Gasteiger partial charge < -0.3 is 5.32 Å². The Kier molecular flexibility index (Phi) is 4.72. The molecule has 2 aromatic carbocycles. The average Bonchev–Trinajstić information content (AvgIpc) is 2.39. The fourth-order valence-corrected chi connectivity index (χ4v) is 2.25. The van der Waals surface area contributed by atoms with Gasteiger partial charge in [0.05, 0.1) is 0 Å². The molecule has 1 nitrogen and oxygen atoms in total. The Hall–Kier alpha value is -1.19. The molecule has 0 unspecified atom stereocenters. The molecule has 0 heterocycles. The number of halogens is 2. The van der Waals surface area contributed by atoms with Crippen LogP contribution >= 0.6 is 15.9 Å². The number of hydrogen-bond acceptors (Lipinski definition) is 1. The van der Waals surface area contributed by atoms with Gasteiger partial charge in [0.25, 0.3) is 0 Å². The van der Waals surface area contributed by atoms with E-state index in [-0.39, 0.29) is 5.82 Å². The summed E-state index contributed by atoms with van der Waals surface area (Å²) in [6.07, 6.45) is 0. The number of hydrogen-bond donors (Lipinski definition) is 1. The summed E-state index contributed by atoms with van der Waals surface area (Å²) in [5.74, 6) is -0.197. The molecule has 0 bridgehead atoms. The van der Waals surface area contributed by atoms with Gasteiger partial charge in [-0.25, -0.2) is 4.39 Å². The minimum Gasteiger partial charge on any atom is -0.310 e. The van der Waals surface area contributed by atoms with Crippen molar-refractivity contribution in [3.63, 3.8) is 0 Å². The fraction of sp³-hybridized carbons (Fsp3) is 0.250. The molecule has 0 aliphatic carbocycles. The van der Waals surface area contributed by atoms with E-state index in [1.54, 1.807) is 6.07 Å². The van der Waals surface area contributed by atoms with Crippen LogP contribution in [0.1, 0.15) is 19.4 Å². The third-order valence-corrected chi connectivity index (χ3v) is 3.37. The zero-order chi connectivity index (χ0) is 13.8. The lowest BCUT2D eigenvalue weighted by Gasteiger charge is -2.10. The van der Waals surface area contributed by atoms with E-state index >= 15 is 0 Å². The highest BCUT2D eigenvalue weighted by Crippen LogP contribution is 2.26. The van der Waals surface area contributed by atoms with Gasteiger partial charge in [-0.3, -0.25) is 0 Å². The molecule has 3 heteroatoms. The van der Waals surface area contributed by atoms with Gasteiger partial charge in [-0.05, 0) is 35.4 Å². The first-order valence-corrected chi connectivity index (χ1v) is 7.13. The highest BCUT2D eigenvalue weighted by molar-refractivity contribution is 9.10. The summed E-state index contributed by atoms with van der Waals surface area (Å²) in [5.41, 5.74) is 2.69.